The molecule has 0 saturated carbocycles. The molecule has 1 fully saturated rings. The van der Waals surface area contributed by atoms with Gasteiger partial charge in [0, 0.05) is 20.1 Å². The van der Waals surface area contributed by atoms with E-state index in [1.54, 1.807) is 0 Å². The van der Waals surface area contributed by atoms with Gasteiger partial charge in [-0.1, -0.05) is 51.6 Å². The molecule has 13 nitrogen and oxygen atoms in total. The second kappa shape index (κ2) is 22.3. The molecule has 0 aliphatic carbocycles. The van der Waals surface area contributed by atoms with Crippen molar-refractivity contribution in [2.45, 2.75) is 43.0 Å². The molecule has 1 unspecified atom stereocenters. The lowest BCUT2D eigenvalue weighted by molar-refractivity contribution is -0.122. The number of hydrogen-bond donors (Lipinski definition) is 2. The fourth-order valence-corrected chi connectivity index (χ4v) is 5.35. The van der Waals surface area contributed by atoms with Crippen LogP contribution in [0.5, 0.6) is 0 Å². The summed E-state index contributed by atoms with van der Waals surface area (Å²) >= 11 is 23.0. The molecule has 0 spiro atoms. The predicted molar refractivity (Wildman–Crippen MR) is 207 cm³/mol. The third-order valence-corrected chi connectivity index (χ3v) is 8.85. The molecule has 308 valence electrons. The Morgan fingerprint density at radius 3 is 1.59 bits per heavy atom. The molecule has 0 radical (unpaired) electrons. The molecule has 7 atom stereocenters. The summed E-state index contributed by atoms with van der Waals surface area (Å²) in [5.74, 6) is -3.20. The molecule has 19 heteroatoms. The number of hydrogen-bond acceptors (Lipinski definition) is 13. The third kappa shape index (κ3) is 13.6. The van der Waals surface area contributed by atoms with Crippen LogP contribution < -0.4 is 0 Å². The van der Waals surface area contributed by atoms with Crippen LogP contribution in [0.25, 0.3) is 0 Å². The molecule has 58 heavy (non-hydrogen) atoms. The number of alkyl halides is 2. The van der Waals surface area contributed by atoms with Crippen LogP contribution in [0.3, 0.4) is 0 Å². The van der Waals surface area contributed by atoms with E-state index in [1.807, 2.05) is 0 Å². The first-order valence-electron chi connectivity index (χ1n) is 16.8. The summed E-state index contributed by atoms with van der Waals surface area (Å²) in [5, 5.41) is 24.9. The van der Waals surface area contributed by atoms with Gasteiger partial charge in [0.1, 0.15) is 32.5 Å². The third-order valence-electron chi connectivity index (χ3n) is 7.84. The second-order valence-corrected chi connectivity index (χ2v) is 13.7. The topological polar surface area (TPSA) is 176 Å². The molecular formula is C39H33Cl4F2NO12. The zero-order chi connectivity index (χ0) is 42.4. The highest BCUT2D eigenvalue weighted by molar-refractivity contribution is 6.31. The van der Waals surface area contributed by atoms with Gasteiger partial charge in [0.2, 0.25) is 0 Å². The second-order valence-electron chi connectivity index (χ2n) is 11.9. The summed E-state index contributed by atoms with van der Waals surface area (Å²) in [4.78, 5) is 53.0. The number of rotatable bonds is 14. The first-order valence-corrected chi connectivity index (χ1v) is 18.3. The van der Waals surface area contributed by atoms with Crippen molar-refractivity contribution in [3.05, 3.63) is 139 Å². The van der Waals surface area contributed by atoms with Crippen LogP contribution in [-0.4, -0.2) is 104 Å². The van der Waals surface area contributed by atoms with Gasteiger partial charge < -0.3 is 38.7 Å². The zero-order valence-corrected chi connectivity index (χ0v) is 33.0. The van der Waals surface area contributed by atoms with Crippen LogP contribution in [0.2, 0.25) is 20.1 Å². The molecule has 4 aromatic carbocycles. The molecule has 1 aliphatic heterocycles. The molecule has 5 rings (SSSR count). The Morgan fingerprint density at radius 2 is 1.14 bits per heavy atom. The van der Waals surface area contributed by atoms with Crippen molar-refractivity contribution in [1.29, 1.82) is 0 Å². The minimum atomic E-state index is -2.04. The maximum Gasteiger partial charge on any atom is 0.338 e. The van der Waals surface area contributed by atoms with E-state index in [-0.39, 0.29) is 22.3 Å². The predicted octanol–water partition coefficient (Wildman–Crippen LogP) is 7.14. The number of benzene rings is 4. The molecule has 0 amide bonds. The number of carbonyl (C=O) groups is 4. The summed E-state index contributed by atoms with van der Waals surface area (Å²) in [5.41, 5.74) is 0.647. The van der Waals surface area contributed by atoms with Gasteiger partial charge >= 0.3 is 23.9 Å². The number of aliphatic hydroxyl groups is 2. The van der Waals surface area contributed by atoms with Crippen molar-refractivity contribution in [2.24, 2.45) is 5.16 Å². The van der Waals surface area contributed by atoms with E-state index in [0.717, 1.165) is 0 Å². The van der Waals surface area contributed by atoms with Gasteiger partial charge in [-0.15, -0.1) is 0 Å². The smallest absolute Gasteiger partial charge is 0.338 e. The van der Waals surface area contributed by atoms with E-state index in [9.17, 15) is 38.2 Å². The van der Waals surface area contributed by atoms with E-state index in [0.29, 0.717) is 26.3 Å². The highest BCUT2D eigenvalue weighted by Crippen LogP contribution is 2.27. The first-order chi connectivity index (χ1) is 27.7. The van der Waals surface area contributed by atoms with Crippen molar-refractivity contribution < 1.29 is 66.7 Å². The number of aliphatic hydroxyl groups excluding tert-OH is 2. The molecule has 1 aliphatic rings. The largest absolute Gasteiger partial charge is 0.459 e. The number of esters is 4. The highest BCUT2D eigenvalue weighted by atomic mass is 35.5. The normalized spacial score (nSPS) is 18.8. The Labute approximate surface area is 349 Å². The minimum Gasteiger partial charge on any atom is -0.459 e. The van der Waals surface area contributed by atoms with Crippen molar-refractivity contribution in [2.75, 3.05) is 20.3 Å². The van der Waals surface area contributed by atoms with Gasteiger partial charge in [-0.25, -0.2) is 28.0 Å². The van der Waals surface area contributed by atoms with Crippen LogP contribution in [0, 0.1) is 0 Å². The van der Waals surface area contributed by atoms with E-state index in [1.165, 1.54) is 104 Å². The van der Waals surface area contributed by atoms with Crippen molar-refractivity contribution >= 4 is 76.5 Å². The maximum atomic E-state index is 14.5. The Hall–Kier alpha value is -4.87. The molecule has 1 saturated heterocycles. The van der Waals surface area contributed by atoms with Crippen LogP contribution in [0.4, 0.5) is 8.78 Å². The standard InChI is InChI=1S/C20H18Cl2FNO6.C19H15Cl2FO6/c1-28-24-10-16(23)18(30-20(27)13-4-8-15(22)9-5-13)17(25)11-29-19(26)12-2-6-14(21)7-3-12;20-12-5-1-10(2-6-12)17(23)26-9-14-16(15(22)19(25)27-14)28-18(24)11-3-7-13(21)8-4-11/h2-10,16-18,25H,11H2,1H3;1-8,14-16,19,25H,9H2/t16-,17-,18+;14-,15+,16-,19?/m11/s1. The highest BCUT2D eigenvalue weighted by Gasteiger charge is 2.48. The number of oxime groups is 1. The summed E-state index contributed by atoms with van der Waals surface area (Å²) in [6.07, 6.45) is -11.1. The number of nitrogens with zero attached hydrogens (tertiary/aromatic N) is 1. The number of carbonyl (C=O) groups excluding carboxylic acids is 4. The van der Waals surface area contributed by atoms with Gasteiger partial charge in [0.15, 0.2) is 30.8 Å². The molecular weight excluding hydrogens is 854 g/mol. The van der Waals surface area contributed by atoms with Gasteiger partial charge in [0.25, 0.3) is 0 Å². The molecule has 0 aromatic heterocycles. The maximum absolute atomic E-state index is 14.5. The van der Waals surface area contributed by atoms with Gasteiger partial charge in [0.05, 0.1) is 28.5 Å². The van der Waals surface area contributed by atoms with E-state index in [4.69, 9.17) is 70.1 Å². The average molecular weight is 887 g/mol. The fraction of sp³-hybridized carbons (Fsp3) is 0.256. The molecule has 4 aromatic rings. The SMILES string of the molecule is CON=C[C@@H](F)[C@H](OC(=O)c1ccc(Cl)cc1)[C@H](O)COC(=O)c1ccc(Cl)cc1.O=C(OC[C@H]1OC(O)[C@@H](F)[C@@H]1OC(=O)c1ccc(Cl)cc1)c1ccc(Cl)cc1. The summed E-state index contributed by atoms with van der Waals surface area (Å²) in [6, 6.07) is 23.3. The van der Waals surface area contributed by atoms with E-state index >= 15 is 0 Å². The van der Waals surface area contributed by atoms with Crippen LogP contribution in [-0.2, 0) is 28.5 Å². The fourth-order valence-electron chi connectivity index (χ4n) is 4.84. The monoisotopic (exact) mass is 885 g/mol. The molecule has 2 N–H and O–H groups in total. The van der Waals surface area contributed by atoms with Gasteiger partial charge in [-0.2, -0.15) is 0 Å². The molecule has 1 heterocycles. The van der Waals surface area contributed by atoms with Crippen LogP contribution in [0.15, 0.2) is 102 Å². The van der Waals surface area contributed by atoms with Crippen LogP contribution in [0.1, 0.15) is 41.4 Å². The van der Waals surface area contributed by atoms with Crippen molar-refractivity contribution in [1.82, 2.24) is 0 Å². The van der Waals surface area contributed by atoms with Crippen molar-refractivity contribution in [3.63, 3.8) is 0 Å². The Bertz CT molecular complexity index is 2010. The average Bonchev–Trinajstić information content (AvgIpc) is 3.48. The summed E-state index contributed by atoms with van der Waals surface area (Å²) < 4.78 is 54.1. The van der Waals surface area contributed by atoms with E-state index in [2.05, 4.69) is 9.99 Å². The lowest BCUT2D eigenvalue weighted by atomic mass is 10.1. The van der Waals surface area contributed by atoms with Gasteiger partial charge in [-0.3, -0.25) is 0 Å². The summed E-state index contributed by atoms with van der Waals surface area (Å²) in [7, 11) is 1.20. The van der Waals surface area contributed by atoms with E-state index < -0.39 is 80.1 Å². The lowest BCUT2D eigenvalue weighted by Crippen LogP contribution is -2.43. The van der Waals surface area contributed by atoms with Crippen LogP contribution >= 0.6 is 46.4 Å². The summed E-state index contributed by atoms with van der Waals surface area (Å²) in [6.45, 7) is -1.06. The minimum absolute atomic E-state index is 0.0886. The molecule has 0 bridgehead atoms. The quantitative estimate of drug-likeness (QED) is 0.0568. The lowest BCUT2D eigenvalue weighted by Gasteiger charge is -2.24. The Morgan fingerprint density at radius 1 is 0.724 bits per heavy atom. The van der Waals surface area contributed by atoms with Gasteiger partial charge in [-0.05, 0) is 97.1 Å². The Balaban J connectivity index is 0.000000257. The zero-order valence-electron chi connectivity index (χ0n) is 30.0. The number of halogens is 6. The Kier molecular flexibility index (Phi) is 17.6. The first kappa shape index (κ1) is 45.8. The van der Waals surface area contributed by atoms with Crippen molar-refractivity contribution in [3.8, 4) is 0 Å². The number of ether oxygens (including phenoxy) is 5.